The van der Waals surface area contributed by atoms with E-state index in [9.17, 15) is 0 Å². The molecule has 0 aliphatic heterocycles. The average Bonchev–Trinajstić information content (AvgIpc) is 3.74. The maximum absolute atomic E-state index is 6.19. The number of fused-ring (bicyclic) bond motifs is 3. The van der Waals surface area contributed by atoms with E-state index in [2.05, 4.69) is 241 Å². The Balaban J connectivity index is 1.02. The van der Waals surface area contributed by atoms with Crippen molar-refractivity contribution >= 4 is 39.0 Å². The molecule has 2 nitrogen and oxygen atoms in total. The SMILES string of the molecule is c1ccc(-c2ccc(N(c3ccc(-c4ccc(-c5ccc6oc7ccccc7c6c5)c(-c5ccccc5)c4)cc3)c3ccc(-c4ccccc4)cc3-c3ccccc3)cc2)cc1. The third-order valence-corrected chi connectivity index (χ3v) is 11.9. The van der Waals surface area contributed by atoms with Crippen molar-refractivity contribution in [2.24, 2.45) is 0 Å². The van der Waals surface area contributed by atoms with E-state index in [4.69, 9.17) is 4.42 Å². The number of hydrogen-bond acceptors (Lipinski definition) is 2. The summed E-state index contributed by atoms with van der Waals surface area (Å²) in [6.45, 7) is 0. The molecule has 0 aliphatic rings. The molecule has 62 heavy (non-hydrogen) atoms. The molecule has 0 fully saturated rings. The van der Waals surface area contributed by atoms with Crippen molar-refractivity contribution in [3.63, 3.8) is 0 Å². The maximum atomic E-state index is 6.19. The summed E-state index contributed by atoms with van der Waals surface area (Å²) in [6.07, 6.45) is 0. The first kappa shape index (κ1) is 36.8. The van der Waals surface area contributed by atoms with E-state index < -0.39 is 0 Å². The van der Waals surface area contributed by atoms with Crippen molar-refractivity contribution in [1.29, 1.82) is 0 Å². The molecule has 11 rings (SSSR count). The number of rotatable bonds is 9. The van der Waals surface area contributed by atoms with E-state index in [0.29, 0.717) is 0 Å². The molecule has 0 spiro atoms. The van der Waals surface area contributed by atoms with Crippen LogP contribution in [-0.2, 0) is 0 Å². The predicted octanol–water partition coefficient (Wildman–Crippen LogP) is 17.1. The molecule has 11 aromatic rings. The Hall–Kier alpha value is -8.20. The normalized spacial score (nSPS) is 11.2. The van der Waals surface area contributed by atoms with Crippen LogP contribution < -0.4 is 4.90 Å². The second-order valence-electron chi connectivity index (χ2n) is 15.7. The molecular formula is C60H41NO. The highest BCUT2D eigenvalue weighted by molar-refractivity contribution is 6.07. The minimum absolute atomic E-state index is 0.900. The summed E-state index contributed by atoms with van der Waals surface area (Å²) >= 11 is 0. The summed E-state index contributed by atoms with van der Waals surface area (Å²) in [4.78, 5) is 2.39. The third kappa shape index (κ3) is 7.04. The molecule has 0 radical (unpaired) electrons. The molecule has 1 aromatic heterocycles. The van der Waals surface area contributed by atoms with Crippen LogP contribution in [0, 0.1) is 0 Å². The standard InChI is InChI=1S/C60H41NO/c1-5-15-42(16-6-1)44-25-32-51(33-26-44)61(58-37-30-49(43-17-7-2-8-18-43)40-56(58)47-21-11-4-12-22-47)52-34-27-45(28-35-52)48-29-36-53(55(39-48)46-19-9-3-10-20-46)50-31-38-60-57(41-50)54-23-13-14-24-59(54)62-60/h1-41H. The fourth-order valence-electron chi connectivity index (χ4n) is 8.78. The first-order valence-electron chi connectivity index (χ1n) is 21.2. The van der Waals surface area contributed by atoms with Crippen LogP contribution in [0.4, 0.5) is 17.1 Å². The van der Waals surface area contributed by atoms with E-state index in [1.54, 1.807) is 0 Å². The average molecular weight is 792 g/mol. The Morgan fingerprint density at radius 3 is 1.27 bits per heavy atom. The molecule has 2 heteroatoms. The van der Waals surface area contributed by atoms with Gasteiger partial charge in [0.15, 0.2) is 0 Å². The zero-order chi connectivity index (χ0) is 41.2. The Morgan fingerprint density at radius 1 is 0.242 bits per heavy atom. The van der Waals surface area contributed by atoms with E-state index >= 15 is 0 Å². The van der Waals surface area contributed by atoms with Crippen molar-refractivity contribution in [3.8, 4) is 66.8 Å². The molecule has 0 aliphatic carbocycles. The van der Waals surface area contributed by atoms with E-state index in [1.807, 2.05) is 12.1 Å². The van der Waals surface area contributed by atoms with Gasteiger partial charge in [0.2, 0.25) is 0 Å². The Labute approximate surface area is 362 Å². The highest BCUT2D eigenvalue weighted by Gasteiger charge is 2.20. The van der Waals surface area contributed by atoms with Gasteiger partial charge in [-0.1, -0.05) is 188 Å². The van der Waals surface area contributed by atoms with Gasteiger partial charge in [-0.3, -0.25) is 0 Å². The van der Waals surface area contributed by atoms with Crippen molar-refractivity contribution < 1.29 is 4.42 Å². The first-order valence-corrected chi connectivity index (χ1v) is 21.2. The van der Waals surface area contributed by atoms with Crippen LogP contribution in [-0.4, -0.2) is 0 Å². The van der Waals surface area contributed by atoms with E-state index in [0.717, 1.165) is 66.8 Å². The molecule has 0 unspecified atom stereocenters. The number of benzene rings is 10. The monoisotopic (exact) mass is 791 g/mol. The molecule has 292 valence electrons. The lowest BCUT2D eigenvalue weighted by Crippen LogP contribution is -2.11. The summed E-state index contributed by atoms with van der Waals surface area (Å²) in [5, 5.41) is 2.26. The molecule has 0 N–H and O–H groups in total. The Kier molecular flexibility index (Phi) is 9.57. The second-order valence-corrected chi connectivity index (χ2v) is 15.7. The molecule has 0 atom stereocenters. The fourth-order valence-corrected chi connectivity index (χ4v) is 8.78. The number of nitrogens with zero attached hydrogens (tertiary/aromatic N) is 1. The van der Waals surface area contributed by atoms with Gasteiger partial charge < -0.3 is 9.32 Å². The summed E-state index contributed by atoms with van der Waals surface area (Å²) < 4.78 is 6.19. The fraction of sp³-hybridized carbons (Fsp3) is 0. The second kappa shape index (κ2) is 16.1. The summed E-state index contributed by atoms with van der Waals surface area (Å²) in [6, 6.07) is 89.2. The smallest absolute Gasteiger partial charge is 0.135 e. The summed E-state index contributed by atoms with van der Waals surface area (Å²) in [5.74, 6) is 0. The van der Waals surface area contributed by atoms with Gasteiger partial charge in [-0.25, -0.2) is 0 Å². The lowest BCUT2D eigenvalue weighted by atomic mass is 9.90. The van der Waals surface area contributed by atoms with Crippen molar-refractivity contribution in [2.45, 2.75) is 0 Å². The van der Waals surface area contributed by atoms with E-state index in [-0.39, 0.29) is 0 Å². The van der Waals surface area contributed by atoms with Crippen LogP contribution in [0.5, 0.6) is 0 Å². The van der Waals surface area contributed by atoms with Gasteiger partial charge in [0.1, 0.15) is 11.2 Å². The largest absolute Gasteiger partial charge is 0.456 e. The Morgan fingerprint density at radius 2 is 0.661 bits per heavy atom. The summed E-state index contributed by atoms with van der Waals surface area (Å²) in [5.41, 5.74) is 19.2. The van der Waals surface area contributed by atoms with Crippen molar-refractivity contribution in [2.75, 3.05) is 4.90 Å². The van der Waals surface area contributed by atoms with E-state index in [1.165, 1.54) is 38.9 Å². The lowest BCUT2D eigenvalue weighted by Gasteiger charge is -2.29. The molecule has 0 saturated carbocycles. The highest BCUT2D eigenvalue weighted by atomic mass is 16.3. The quantitative estimate of drug-likeness (QED) is 0.145. The first-order chi connectivity index (χ1) is 30.7. The highest BCUT2D eigenvalue weighted by Crippen LogP contribution is 2.44. The predicted molar refractivity (Wildman–Crippen MR) is 261 cm³/mol. The van der Waals surface area contributed by atoms with Crippen LogP contribution >= 0.6 is 0 Å². The number of hydrogen-bond donors (Lipinski definition) is 0. The molecule has 10 aromatic carbocycles. The summed E-state index contributed by atoms with van der Waals surface area (Å²) in [7, 11) is 0. The van der Waals surface area contributed by atoms with Gasteiger partial charge in [-0.05, 0) is 122 Å². The van der Waals surface area contributed by atoms with Crippen LogP contribution in [0.1, 0.15) is 0 Å². The molecule has 0 amide bonds. The van der Waals surface area contributed by atoms with Crippen LogP contribution in [0.15, 0.2) is 253 Å². The molecule has 1 heterocycles. The van der Waals surface area contributed by atoms with Crippen molar-refractivity contribution in [3.05, 3.63) is 249 Å². The lowest BCUT2D eigenvalue weighted by molar-refractivity contribution is 0.669. The minimum atomic E-state index is 0.900. The zero-order valence-corrected chi connectivity index (χ0v) is 34.0. The van der Waals surface area contributed by atoms with Crippen LogP contribution in [0.25, 0.3) is 88.7 Å². The topological polar surface area (TPSA) is 16.4 Å². The third-order valence-electron chi connectivity index (χ3n) is 11.9. The van der Waals surface area contributed by atoms with Gasteiger partial charge in [0.05, 0.1) is 5.69 Å². The molecular weight excluding hydrogens is 751 g/mol. The van der Waals surface area contributed by atoms with Crippen molar-refractivity contribution in [1.82, 2.24) is 0 Å². The number of furan rings is 1. The Bertz CT molecular complexity index is 3300. The molecule has 0 bridgehead atoms. The van der Waals surface area contributed by atoms with Crippen LogP contribution in [0.2, 0.25) is 0 Å². The molecule has 0 saturated heterocycles. The van der Waals surface area contributed by atoms with Gasteiger partial charge in [0.25, 0.3) is 0 Å². The zero-order valence-electron chi connectivity index (χ0n) is 34.0. The number of anilines is 3. The van der Waals surface area contributed by atoms with Gasteiger partial charge in [0, 0.05) is 27.7 Å². The van der Waals surface area contributed by atoms with Gasteiger partial charge >= 0.3 is 0 Å². The van der Waals surface area contributed by atoms with Crippen LogP contribution in [0.3, 0.4) is 0 Å². The maximum Gasteiger partial charge on any atom is 0.135 e. The van der Waals surface area contributed by atoms with Gasteiger partial charge in [-0.2, -0.15) is 0 Å². The van der Waals surface area contributed by atoms with Gasteiger partial charge in [-0.15, -0.1) is 0 Å². The minimum Gasteiger partial charge on any atom is -0.456 e. The number of para-hydroxylation sites is 1.